The van der Waals surface area contributed by atoms with Gasteiger partial charge in [-0.1, -0.05) is 139 Å². The number of fused-ring (bicyclic) bond motifs is 8. The summed E-state index contributed by atoms with van der Waals surface area (Å²) in [6, 6.07) is 79.8. The van der Waals surface area contributed by atoms with E-state index in [-0.39, 0.29) is 0 Å². The molecule has 0 radical (unpaired) electrons. The summed E-state index contributed by atoms with van der Waals surface area (Å²) in [5.41, 5.74) is 17.4. The van der Waals surface area contributed by atoms with Crippen LogP contribution in [0.3, 0.4) is 0 Å². The maximum atomic E-state index is 2.48. The van der Waals surface area contributed by atoms with Gasteiger partial charge in [0.05, 0.1) is 33.3 Å². The predicted octanol–water partition coefficient (Wildman–Crippen LogP) is 15.6. The van der Waals surface area contributed by atoms with Crippen LogP contribution in [0.5, 0.6) is 0 Å². The molecule has 12 rings (SSSR count). The van der Waals surface area contributed by atoms with E-state index in [1.54, 1.807) is 0 Å². The van der Waals surface area contributed by atoms with E-state index in [0.29, 0.717) is 0 Å². The van der Waals surface area contributed by atoms with Crippen molar-refractivity contribution in [2.45, 2.75) is 13.8 Å². The number of hydrogen-bond donors (Lipinski definition) is 0. The fraction of sp³-hybridized carbons (Fsp3) is 0.0345. The first-order chi connectivity index (χ1) is 30.6. The van der Waals surface area contributed by atoms with Crippen LogP contribution in [-0.4, -0.2) is 13.7 Å². The average Bonchev–Trinajstić information content (AvgIpc) is 3.99. The molecular formula is C58H42N4. The Balaban J connectivity index is 1.11. The molecule has 0 fully saturated rings. The zero-order chi connectivity index (χ0) is 41.3. The fourth-order valence-electron chi connectivity index (χ4n) is 9.66. The molecule has 0 bridgehead atoms. The maximum Gasteiger partial charge on any atom is 0.0788 e. The molecule has 3 aromatic heterocycles. The number of aromatic nitrogens is 3. The van der Waals surface area contributed by atoms with Gasteiger partial charge in [0.2, 0.25) is 0 Å². The van der Waals surface area contributed by atoms with Crippen LogP contribution in [0.25, 0.3) is 82.8 Å². The first kappa shape index (κ1) is 35.8. The second-order valence-electron chi connectivity index (χ2n) is 16.4. The van der Waals surface area contributed by atoms with E-state index in [1.165, 1.54) is 71.2 Å². The Hall–Kier alpha value is -8.08. The van der Waals surface area contributed by atoms with Gasteiger partial charge in [-0.25, -0.2) is 0 Å². The minimum atomic E-state index is 1.08. The van der Waals surface area contributed by atoms with Crippen LogP contribution in [-0.2, 0) is 0 Å². The third-order valence-corrected chi connectivity index (χ3v) is 12.5. The molecule has 0 amide bonds. The summed E-state index contributed by atoms with van der Waals surface area (Å²) < 4.78 is 7.33. The monoisotopic (exact) mass is 794 g/mol. The van der Waals surface area contributed by atoms with Gasteiger partial charge in [0.15, 0.2) is 0 Å². The topological polar surface area (TPSA) is 18.0 Å². The summed E-state index contributed by atoms with van der Waals surface area (Å²) in [7, 11) is 0. The molecule has 0 saturated heterocycles. The predicted molar refractivity (Wildman–Crippen MR) is 262 cm³/mol. The number of hydrogen-bond acceptors (Lipinski definition) is 1. The molecule has 4 nitrogen and oxygen atoms in total. The standard InChI is InChI=1S/C58H42N4/c1-39-24-29-44(30-25-39)59(48-33-35-55-52(38-48)50-21-10-11-22-53(50)60(55)45-31-26-40(2)27-32-45)46-18-13-19-47(37-46)62-54-23-12-9-20-49(54)51-34-28-42-36-56(41-14-5-3-6-15-41)61(57(42)58(51)62)43-16-7-4-8-17-43/h3-38H,1-2H3. The lowest BCUT2D eigenvalue weighted by atomic mass is 10.1. The van der Waals surface area contributed by atoms with Crippen molar-refractivity contribution in [2.75, 3.05) is 4.90 Å². The van der Waals surface area contributed by atoms with Gasteiger partial charge < -0.3 is 18.6 Å². The molecule has 0 aliphatic heterocycles. The van der Waals surface area contributed by atoms with Gasteiger partial charge in [-0.15, -0.1) is 0 Å². The van der Waals surface area contributed by atoms with E-state index in [2.05, 4.69) is 251 Å². The summed E-state index contributed by atoms with van der Waals surface area (Å²) in [5.74, 6) is 0. The molecule has 0 N–H and O–H groups in total. The van der Waals surface area contributed by atoms with Gasteiger partial charge in [0, 0.05) is 61.1 Å². The normalized spacial score (nSPS) is 11.7. The van der Waals surface area contributed by atoms with Crippen LogP contribution in [0.2, 0.25) is 0 Å². The summed E-state index contributed by atoms with van der Waals surface area (Å²) >= 11 is 0. The molecule has 0 aliphatic rings. The highest BCUT2D eigenvalue weighted by Gasteiger charge is 2.23. The molecule has 0 unspecified atom stereocenters. The molecule has 0 saturated carbocycles. The smallest absolute Gasteiger partial charge is 0.0788 e. The van der Waals surface area contributed by atoms with Crippen molar-refractivity contribution >= 4 is 71.6 Å². The van der Waals surface area contributed by atoms with Crippen molar-refractivity contribution in [3.63, 3.8) is 0 Å². The Morgan fingerprint density at radius 1 is 0.323 bits per heavy atom. The van der Waals surface area contributed by atoms with Crippen LogP contribution >= 0.6 is 0 Å². The average molecular weight is 795 g/mol. The molecule has 294 valence electrons. The second-order valence-corrected chi connectivity index (χ2v) is 16.4. The highest BCUT2D eigenvalue weighted by molar-refractivity contribution is 6.19. The van der Waals surface area contributed by atoms with Crippen LogP contribution in [0.1, 0.15) is 11.1 Å². The summed E-state index contributed by atoms with van der Waals surface area (Å²) in [6.07, 6.45) is 0. The SMILES string of the molecule is Cc1ccc(N(c2cccc(-n3c4ccccc4c4ccc5cc(-c6ccccc6)n(-c6ccccc6)c5c43)c2)c2ccc3c(c2)c2ccccc2n3-c2ccc(C)cc2)cc1. The van der Waals surface area contributed by atoms with Gasteiger partial charge >= 0.3 is 0 Å². The fourth-order valence-corrected chi connectivity index (χ4v) is 9.66. The minimum Gasteiger partial charge on any atom is -0.310 e. The summed E-state index contributed by atoms with van der Waals surface area (Å²) in [4.78, 5) is 2.41. The second kappa shape index (κ2) is 14.3. The number of aryl methyl sites for hydroxylation is 2. The molecule has 9 aromatic carbocycles. The Kier molecular flexibility index (Phi) is 8.26. The molecule has 0 spiro atoms. The molecule has 3 heterocycles. The van der Waals surface area contributed by atoms with Crippen molar-refractivity contribution in [1.82, 2.24) is 13.7 Å². The van der Waals surface area contributed by atoms with Crippen molar-refractivity contribution in [3.05, 3.63) is 230 Å². The zero-order valence-electron chi connectivity index (χ0n) is 34.6. The van der Waals surface area contributed by atoms with Crippen LogP contribution in [0.4, 0.5) is 17.1 Å². The van der Waals surface area contributed by atoms with E-state index in [9.17, 15) is 0 Å². The summed E-state index contributed by atoms with van der Waals surface area (Å²) in [5, 5.41) is 6.09. The minimum absolute atomic E-state index is 1.08. The lowest BCUT2D eigenvalue weighted by Gasteiger charge is -2.26. The number of para-hydroxylation sites is 3. The van der Waals surface area contributed by atoms with Crippen molar-refractivity contribution in [1.29, 1.82) is 0 Å². The Labute approximate surface area is 360 Å². The first-order valence-electron chi connectivity index (χ1n) is 21.3. The highest BCUT2D eigenvalue weighted by Crippen LogP contribution is 2.44. The molecule has 0 atom stereocenters. The van der Waals surface area contributed by atoms with Gasteiger partial charge in [-0.05, 0) is 110 Å². The molecule has 0 aliphatic carbocycles. The number of rotatable bonds is 7. The largest absolute Gasteiger partial charge is 0.310 e. The zero-order valence-corrected chi connectivity index (χ0v) is 34.6. The lowest BCUT2D eigenvalue weighted by Crippen LogP contribution is -2.10. The van der Waals surface area contributed by atoms with E-state index in [4.69, 9.17) is 0 Å². The third kappa shape index (κ3) is 5.68. The molecule has 4 heteroatoms. The quantitative estimate of drug-likeness (QED) is 0.157. The molecule has 62 heavy (non-hydrogen) atoms. The Bertz CT molecular complexity index is 3630. The van der Waals surface area contributed by atoms with Crippen molar-refractivity contribution in [2.24, 2.45) is 0 Å². The van der Waals surface area contributed by atoms with Crippen LogP contribution in [0, 0.1) is 13.8 Å². The molecular weight excluding hydrogens is 753 g/mol. The summed E-state index contributed by atoms with van der Waals surface area (Å²) in [6.45, 7) is 4.29. The maximum absolute atomic E-state index is 2.48. The number of nitrogens with zero attached hydrogens (tertiary/aromatic N) is 4. The van der Waals surface area contributed by atoms with Crippen molar-refractivity contribution in [3.8, 4) is 28.3 Å². The van der Waals surface area contributed by atoms with Gasteiger partial charge in [0.25, 0.3) is 0 Å². The first-order valence-corrected chi connectivity index (χ1v) is 21.3. The molecule has 12 aromatic rings. The van der Waals surface area contributed by atoms with Gasteiger partial charge in [0.1, 0.15) is 0 Å². The van der Waals surface area contributed by atoms with Gasteiger partial charge in [-0.3, -0.25) is 0 Å². The number of anilines is 3. The Morgan fingerprint density at radius 2 is 0.887 bits per heavy atom. The lowest BCUT2D eigenvalue weighted by molar-refractivity contribution is 1.12. The van der Waals surface area contributed by atoms with Crippen LogP contribution in [0.15, 0.2) is 218 Å². The number of benzene rings is 9. The van der Waals surface area contributed by atoms with E-state index in [1.807, 2.05) is 0 Å². The van der Waals surface area contributed by atoms with Crippen molar-refractivity contribution < 1.29 is 0 Å². The van der Waals surface area contributed by atoms with E-state index in [0.717, 1.165) is 39.8 Å². The van der Waals surface area contributed by atoms with Gasteiger partial charge in [-0.2, -0.15) is 0 Å². The van der Waals surface area contributed by atoms with E-state index < -0.39 is 0 Å². The van der Waals surface area contributed by atoms with Crippen LogP contribution < -0.4 is 4.90 Å². The third-order valence-electron chi connectivity index (χ3n) is 12.5. The van der Waals surface area contributed by atoms with E-state index >= 15 is 0 Å². The Morgan fingerprint density at radius 3 is 1.63 bits per heavy atom. The highest BCUT2D eigenvalue weighted by atomic mass is 15.1.